The maximum Gasteiger partial charge on any atom is 0.228 e. The number of aromatic amines is 1. The third-order valence-electron chi connectivity index (χ3n) is 3.31. The van der Waals surface area contributed by atoms with Crippen LogP contribution in [-0.4, -0.2) is 36.7 Å². The number of hydrogen-bond donors (Lipinski definition) is 2. The average molecular weight is 281 g/mol. The summed E-state index contributed by atoms with van der Waals surface area (Å²) >= 11 is 0. The fraction of sp³-hybridized carbons (Fsp3) is 0.0769. The van der Waals surface area contributed by atoms with Gasteiger partial charge in [-0.3, -0.25) is 4.40 Å². The predicted molar refractivity (Wildman–Crippen MR) is 76.8 cm³/mol. The molecule has 8 heteroatoms. The molecule has 0 aliphatic heterocycles. The molecule has 0 saturated heterocycles. The molecule has 0 aliphatic carbocycles. The van der Waals surface area contributed by atoms with Gasteiger partial charge in [0.2, 0.25) is 11.8 Å². The number of fused-ring (bicyclic) bond motifs is 2. The predicted octanol–water partition coefficient (Wildman–Crippen LogP) is 1.26. The van der Waals surface area contributed by atoms with Gasteiger partial charge >= 0.3 is 0 Å². The van der Waals surface area contributed by atoms with Crippen molar-refractivity contribution in [2.24, 2.45) is 0 Å². The Morgan fingerprint density at radius 1 is 1.29 bits per heavy atom. The molecule has 0 amide bonds. The molecule has 4 rings (SSSR count). The topological polar surface area (TPSA) is 107 Å². The van der Waals surface area contributed by atoms with Crippen molar-refractivity contribution in [2.75, 3.05) is 12.8 Å². The number of pyridine rings is 1. The van der Waals surface area contributed by atoms with E-state index in [1.54, 1.807) is 13.4 Å². The zero-order valence-electron chi connectivity index (χ0n) is 11.1. The standard InChI is InChI=1S/C13H11N7O/c1-21-12-10-8(4-15-11(10)17-13(14)18-12)7-2-3-9-19-16-6-20(9)5-7/h2-6H,1H3,(H3,14,15,17,18). The van der Waals surface area contributed by atoms with Crippen LogP contribution in [0.3, 0.4) is 0 Å². The van der Waals surface area contributed by atoms with E-state index >= 15 is 0 Å². The van der Waals surface area contributed by atoms with Gasteiger partial charge in [-0.15, -0.1) is 10.2 Å². The largest absolute Gasteiger partial charge is 0.480 e. The Bertz CT molecular complexity index is 956. The second kappa shape index (κ2) is 4.17. The van der Waals surface area contributed by atoms with Crippen LogP contribution in [0.25, 0.3) is 27.8 Å². The number of nitrogens with two attached hydrogens (primary N) is 1. The average Bonchev–Trinajstić information content (AvgIpc) is 3.11. The zero-order valence-corrected chi connectivity index (χ0v) is 11.1. The first-order valence-corrected chi connectivity index (χ1v) is 6.24. The number of hydrogen-bond acceptors (Lipinski definition) is 6. The number of H-pyrrole nitrogens is 1. The van der Waals surface area contributed by atoms with Crippen LogP contribution in [-0.2, 0) is 0 Å². The number of nitrogens with one attached hydrogen (secondary N) is 1. The summed E-state index contributed by atoms with van der Waals surface area (Å²) in [5.41, 5.74) is 8.99. The van der Waals surface area contributed by atoms with Crippen molar-refractivity contribution in [3.63, 3.8) is 0 Å². The lowest BCUT2D eigenvalue weighted by Gasteiger charge is -2.05. The van der Waals surface area contributed by atoms with Gasteiger partial charge in [-0.05, 0) is 12.1 Å². The molecule has 4 aromatic rings. The lowest BCUT2D eigenvalue weighted by Crippen LogP contribution is -1.98. The van der Waals surface area contributed by atoms with E-state index in [2.05, 4.69) is 25.1 Å². The van der Waals surface area contributed by atoms with E-state index in [1.807, 2.05) is 28.9 Å². The molecule has 21 heavy (non-hydrogen) atoms. The fourth-order valence-corrected chi connectivity index (χ4v) is 2.38. The molecule has 0 atom stereocenters. The fourth-order valence-electron chi connectivity index (χ4n) is 2.38. The first-order valence-electron chi connectivity index (χ1n) is 6.24. The highest BCUT2D eigenvalue weighted by atomic mass is 16.5. The molecule has 0 radical (unpaired) electrons. The van der Waals surface area contributed by atoms with Gasteiger partial charge in [-0.2, -0.15) is 9.97 Å². The monoisotopic (exact) mass is 281 g/mol. The van der Waals surface area contributed by atoms with Crippen LogP contribution in [0.2, 0.25) is 0 Å². The summed E-state index contributed by atoms with van der Waals surface area (Å²) in [5, 5.41) is 8.65. The third-order valence-corrected chi connectivity index (χ3v) is 3.31. The summed E-state index contributed by atoms with van der Waals surface area (Å²) in [5.74, 6) is 0.611. The number of ether oxygens (including phenoxy) is 1. The van der Waals surface area contributed by atoms with E-state index in [1.165, 1.54) is 0 Å². The minimum Gasteiger partial charge on any atom is -0.480 e. The number of rotatable bonds is 2. The summed E-state index contributed by atoms with van der Waals surface area (Å²) in [6, 6.07) is 3.86. The van der Waals surface area contributed by atoms with Crippen molar-refractivity contribution < 1.29 is 4.74 Å². The molecule has 0 fully saturated rings. The number of anilines is 1. The summed E-state index contributed by atoms with van der Waals surface area (Å²) in [6.45, 7) is 0. The number of nitrogens with zero attached hydrogens (tertiary/aromatic N) is 5. The second-order valence-corrected chi connectivity index (χ2v) is 4.53. The van der Waals surface area contributed by atoms with Crippen LogP contribution < -0.4 is 10.5 Å². The normalized spacial score (nSPS) is 11.3. The molecule has 3 N–H and O–H groups in total. The molecule has 4 heterocycles. The maximum atomic E-state index is 5.67. The molecule has 0 aromatic carbocycles. The number of methoxy groups -OCH3 is 1. The van der Waals surface area contributed by atoms with Gasteiger partial charge in [0, 0.05) is 23.5 Å². The Kier molecular flexibility index (Phi) is 2.31. The molecule has 4 aromatic heterocycles. The van der Waals surface area contributed by atoms with E-state index < -0.39 is 0 Å². The van der Waals surface area contributed by atoms with Gasteiger partial charge in [-0.1, -0.05) is 0 Å². The Hall–Kier alpha value is -3.16. The first kappa shape index (κ1) is 11.6. The quantitative estimate of drug-likeness (QED) is 0.572. The Morgan fingerprint density at radius 3 is 3.05 bits per heavy atom. The van der Waals surface area contributed by atoms with Crippen molar-refractivity contribution in [1.29, 1.82) is 0 Å². The second-order valence-electron chi connectivity index (χ2n) is 4.53. The van der Waals surface area contributed by atoms with E-state index in [-0.39, 0.29) is 5.95 Å². The van der Waals surface area contributed by atoms with E-state index in [0.717, 1.165) is 22.2 Å². The van der Waals surface area contributed by atoms with Crippen molar-refractivity contribution >= 4 is 22.6 Å². The van der Waals surface area contributed by atoms with Crippen LogP contribution in [0.15, 0.2) is 30.9 Å². The van der Waals surface area contributed by atoms with Gasteiger partial charge < -0.3 is 15.5 Å². The molecule has 8 nitrogen and oxygen atoms in total. The van der Waals surface area contributed by atoms with Crippen molar-refractivity contribution in [3.8, 4) is 17.0 Å². The summed E-state index contributed by atoms with van der Waals surface area (Å²) in [6.07, 6.45) is 5.44. The maximum absolute atomic E-state index is 5.67. The van der Waals surface area contributed by atoms with Crippen LogP contribution in [0.5, 0.6) is 5.88 Å². The highest BCUT2D eigenvalue weighted by Crippen LogP contribution is 2.33. The molecule has 0 bridgehead atoms. The van der Waals surface area contributed by atoms with E-state index in [4.69, 9.17) is 10.5 Å². The van der Waals surface area contributed by atoms with Gasteiger partial charge in [-0.25, -0.2) is 0 Å². The Labute approximate surface area is 118 Å². The summed E-state index contributed by atoms with van der Waals surface area (Å²) < 4.78 is 7.16. The molecular weight excluding hydrogens is 270 g/mol. The van der Waals surface area contributed by atoms with Crippen LogP contribution >= 0.6 is 0 Å². The van der Waals surface area contributed by atoms with Crippen LogP contribution in [0.4, 0.5) is 5.95 Å². The minimum absolute atomic E-state index is 0.169. The van der Waals surface area contributed by atoms with Crippen molar-refractivity contribution in [3.05, 3.63) is 30.9 Å². The first-order chi connectivity index (χ1) is 10.3. The zero-order chi connectivity index (χ0) is 14.4. The SMILES string of the molecule is COc1nc(N)nc2[nH]cc(-c3ccc4nncn4c3)c12. The minimum atomic E-state index is 0.169. The lowest BCUT2D eigenvalue weighted by atomic mass is 10.1. The van der Waals surface area contributed by atoms with Gasteiger partial charge in [0.15, 0.2) is 5.65 Å². The Balaban J connectivity index is 2.01. The summed E-state index contributed by atoms with van der Waals surface area (Å²) in [7, 11) is 1.56. The van der Waals surface area contributed by atoms with Crippen LogP contribution in [0.1, 0.15) is 0 Å². The molecule has 0 unspecified atom stereocenters. The number of nitrogen functional groups attached to an aromatic ring is 1. The van der Waals surface area contributed by atoms with E-state index in [0.29, 0.717) is 11.5 Å². The summed E-state index contributed by atoms with van der Waals surface area (Å²) in [4.78, 5) is 11.4. The highest BCUT2D eigenvalue weighted by Gasteiger charge is 2.15. The molecule has 0 saturated carbocycles. The van der Waals surface area contributed by atoms with Gasteiger partial charge in [0.25, 0.3) is 0 Å². The van der Waals surface area contributed by atoms with E-state index in [9.17, 15) is 0 Å². The van der Waals surface area contributed by atoms with Crippen LogP contribution in [0, 0.1) is 0 Å². The smallest absolute Gasteiger partial charge is 0.228 e. The van der Waals surface area contributed by atoms with Crippen molar-refractivity contribution in [1.82, 2.24) is 29.5 Å². The highest BCUT2D eigenvalue weighted by molar-refractivity contribution is 5.97. The van der Waals surface area contributed by atoms with Crippen molar-refractivity contribution in [2.45, 2.75) is 0 Å². The van der Waals surface area contributed by atoms with Gasteiger partial charge in [0.05, 0.1) is 12.5 Å². The third kappa shape index (κ3) is 1.69. The molecule has 104 valence electrons. The van der Waals surface area contributed by atoms with Gasteiger partial charge in [0.1, 0.15) is 12.0 Å². The molecular formula is C13H11N7O. The molecule has 0 aliphatic rings. The molecule has 0 spiro atoms. The Morgan fingerprint density at radius 2 is 2.19 bits per heavy atom. The number of aromatic nitrogens is 6. The lowest BCUT2D eigenvalue weighted by molar-refractivity contribution is 0.403.